The van der Waals surface area contributed by atoms with E-state index in [1.54, 1.807) is 26.0 Å². The first-order valence-electron chi connectivity index (χ1n) is 8.99. The third kappa shape index (κ3) is 8.84. The average molecular weight is 475 g/mol. The highest BCUT2D eigenvalue weighted by atomic mass is 127. The quantitative estimate of drug-likeness (QED) is 0.326. The minimum atomic E-state index is 0. The molecule has 0 aliphatic carbocycles. The number of likely N-dealkylation sites (N-methyl/N-ethyl adjacent to an activating group) is 1. The summed E-state index contributed by atoms with van der Waals surface area (Å²) in [5.74, 6) is 0.844. The lowest BCUT2D eigenvalue weighted by atomic mass is 10.1. The highest BCUT2D eigenvalue weighted by Crippen LogP contribution is 2.07. The Balaban J connectivity index is 0.00000625. The molecule has 0 saturated carbocycles. The smallest absolute Gasteiger partial charge is 0.253 e. The molecule has 0 aromatic heterocycles. The molecule has 0 heterocycles. The molecule has 0 radical (unpaired) electrons. The largest absolute Gasteiger partial charge is 0.356 e. The molecule has 26 heavy (non-hydrogen) atoms. The number of halogens is 1. The van der Waals surface area contributed by atoms with Gasteiger partial charge >= 0.3 is 0 Å². The van der Waals surface area contributed by atoms with E-state index in [0.29, 0.717) is 0 Å². The zero-order valence-corrected chi connectivity index (χ0v) is 19.0. The third-order valence-corrected chi connectivity index (χ3v) is 4.12. The molecule has 1 rings (SSSR count). The normalized spacial score (nSPS) is 11.1. The van der Waals surface area contributed by atoms with Crippen molar-refractivity contribution in [1.29, 1.82) is 0 Å². The summed E-state index contributed by atoms with van der Waals surface area (Å²) >= 11 is 0. The van der Waals surface area contributed by atoms with Crippen molar-refractivity contribution in [3.8, 4) is 0 Å². The average Bonchev–Trinajstić information content (AvgIpc) is 2.63. The van der Waals surface area contributed by atoms with Crippen molar-refractivity contribution in [2.24, 2.45) is 4.99 Å². The molecular weight excluding hydrogens is 441 g/mol. The number of nitrogens with zero attached hydrogens (tertiary/aromatic N) is 3. The summed E-state index contributed by atoms with van der Waals surface area (Å²) < 4.78 is 0. The van der Waals surface area contributed by atoms with Crippen molar-refractivity contribution in [1.82, 2.24) is 20.4 Å². The fourth-order valence-electron chi connectivity index (χ4n) is 2.54. The Morgan fingerprint density at radius 2 is 1.77 bits per heavy atom. The molecule has 1 amide bonds. The van der Waals surface area contributed by atoms with Crippen LogP contribution in [0.4, 0.5) is 0 Å². The number of aliphatic imine (C=N–C) groups is 1. The van der Waals surface area contributed by atoms with Gasteiger partial charge in [-0.05, 0) is 37.2 Å². The van der Waals surface area contributed by atoms with Gasteiger partial charge in [-0.2, -0.15) is 0 Å². The fourth-order valence-corrected chi connectivity index (χ4v) is 2.54. The van der Waals surface area contributed by atoms with E-state index in [0.717, 1.165) is 56.2 Å². The zero-order valence-electron chi connectivity index (χ0n) is 16.7. The lowest BCUT2D eigenvalue weighted by molar-refractivity contribution is 0.0827. The standard InChI is InChI=1S/C19H33N5O.HI/c1-6-24(7-2)14-13-22-19(20-3)21-12-11-16-9-8-10-17(15-16)18(25)23(4)5;/h8-10,15H,6-7,11-14H2,1-5H3,(H2,20,21,22);1H. The molecule has 0 unspecified atom stereocenters. The van der Waals surface area contributed by atoms with E-state index in [1.807, 2.05) is 24.3 Å². The lowest BCUT2D eigenvalue weighted by Gasteiger charge is -2.19. The number of hydrogen-bond donors (Lipinski definition) is 2. The lowest BCUT2D eigenvalue weighted by Crippen LogP contribution is -2.42. The Bertz CT molecular complexity index is 559. The van der Waals surface area contributed by atoms with Gasteiger partial charge in [0.15, 0.2) is 5.96 Å². The van der Waals surface area contributed by atoms with E-state index in [4.69, 9.17) is 0 Å². The molecular formula is C19H34IN5O. The molecule has 0 bridgehead atoms. The van der Waals surface area contributed by atoms with E-state index in [2.05, 4.69) is 34.4 Å². The second-order valence-corrected chi connectivity index (χ2v) is 6.10. The molecule has 0 aliphatic rings. The monoisotopic (exact) mass is 475 g/mol. The summed E-state index contributed by atoms with van der Waals surface area (Å²) in [4.78, 5) is 20.2. The highest BCUT2D eigenvalue weighted by Gasteiger charge is 2.08. The second-order valence-electron chi connectivity index (χ2n) is 6.10. The minimum Gasteiger partial charge on any atom is -0.356 e. The molecule has 6 nitrogen and oxygen atoms in total. The summed E-state index contributed by atoms with van der Waals surface area (Å²) in [6.07, 6.45) is 0.839. The van der Waals surface area contributed by atoms with E-state index in [-0.39, 0.29) is 29.9 Å². The number of nitrogens with one attached hydrogen (secondary N) is 2. The number of guanidine groups is 1. The predicted octanol–water partition coefficient (Wildman–Crippen LogP) is 2.06. The van der Waals surface area contributed by atoms with Crippen molar-refractivity contribution >= 4 is 35.8 Å². The number of carbonyl (C=O) groups is 1. The summed E-state index contributed by atoms with van der Waals surface area (Å²) in [5, 5.41) is 6.66. The fraction of sp³-hybridized carbons (Fsp3) is 0.579. The van der Waals surface area contributed by atoms with Crippen LogP contribution in [-0.4, -0.2) is 75.5 Å². The molecule has 0 fully saturated rings. The van der Waals surface area contributed by atoms with Gasteiger partial charge in [0.2, 0.25) is 0 Å². The van der Waals surface area contributed by atoms with Crippen LogP contribution in [0.15, 0.2) is 29.3 Å². The number of rotatable bonds is 9. The summed E-state index contributed by atoms with van der Waals surface area (Å²) in [6, 6.07) is 7.79. The summed E-state index contributed by atoms with van der Waals surface area (Å²) in [5.41, 5.74) is 1.86. The van der Waals surface area contributed by atoms with Crippen LogP contribution in [0.1, 0.15) is 29.8 Å². The van der Waals surface area contributed by atoms with Gasteiger partial charge in [-0.3, -0.25) is 9.79 Å². The predicted molar refractivity (Wildman–Crippen MR) is 121 cm³/mol. The van der Waals surface area contributed by atoms with Gasteiger partial charge in [-0.25, -0.2) is 0 Å². The van der Waals surface area contributed by atoms with Gasteiger partial charge in [0, 0.05) is 46.3 Å². The molecule has 0 spiro atoms. The van der Waals surface area contributed by atoms with Crippen LogP contribution in [0.25, 0.3) is 0 Å². The van der Waals surface area contributed by atoms with Crippen LogP contribution in [0.5, 0.6) is 0 Å². The van der Waals surface area contributed by atoms with Crippen LogP contribution in [0, 0.1) is 0 Å². The Morgan fingerprint density at radius 3 is 2.35 bits per heavy atom. The third-order valence-electron chi connectivity index (χ3n) is 4.12. The van der Waals surface area contributed by atoms with Crippen LogP contribution >= 0.6 is 24.0 Å². The molecule has 148 valence electrons. The van der Waals surface area contributed by atoms with Crippen molar-refractivity contribution in [2.75, 3.05) is 53.9 Å². The second kappa shape index (κ2) is 13.8. The van der Waals surface area contributed by atoms with Crippen molar-refractivity contribution in [2.45, 2.75) is 20.3 Å². The van der Waals surface area contributed by atoms with Gasteiger partial charge in [0.1, 0.15) is 0 Å². The van der Waals surface area contributed by atoms with Gasteiger partial charge in [-0.15, -0.1) is 24.0 Å². The van der Waals surface area contributed by atoms with Gasteiger partial charge in [0.25, 0.3) is 5.91 Å². The maximum Gasteiger partial charge on any atom is 0.253 e. The zero-order chi connectivity index (χ0) is 18.7. The molecule has 0 saturated heterocycles. The van der Waals surface area contributed by atoms with Crippen molar-refractivity contribution < 1.29 is 4.79 Å². The first-order valence-corrected chi connectivity index (χ1v) is 8.99. The number of carbonyl (C=O) groups excluding carboxylic acids is 1. The van der Waals surface area contributed by atoms with Gasteiger partial charge < -0.3 is 20.4 Å². The SMILES string of the molecule is CCN(CC)CCNC(=NC)NCCc1cccc(C(=O)N(C)C)c1.I. The van der Waals surface area contributed by atoms with E-state index < -0.39 is 0 Å². The Kier molecular flexibility index (Phi) is 13.1. The molecule has 2 N–H and O–H groups in total. The minimum absolute atomic E-state index is 0. The van der Waals surface area contributed by atoms with Crippen molar-refractivity contribution in [3.05, 3.63) is 35.4 Å². The van der Waals surface area contributed by atoms with Crippen LogP contribution in [0.2, 0.25) is 0 Å². The molecule has 0 aliphatic heterocycles. The van der Waals surface area contributed by atoms with E-state index >= 15 is 0 Å². The first-order chi connectivity index (χ1) is 12.0. The highest BCUT2D eigenvalue weighted by molar-refractivity contribution is 14.0. The summed E-state index contributed by atoms with van der Waals surface area (Å²) in [7, 11) is 5.32. The van der Waals surface area contributed by atoms with Crippen molar-refractivity contribution in [3.63, 3.8) is 0 Å². The van der Waals surface area contributed by atoms with Crippen LogP contribution in [0.3, 0.4) is 0 Å². The molecule has 7 heteroatoms. The first kappa shape index (κ1) is 24.7. The Labute approximate surface area is 175 Å². The number of hydrogen-bond acceptors (Lipinski definition) is 3. The van der Waals surface area contributed by atoms with E-state index in [1.165, 1.54) is 0 Å². The molecule has 0 atom stereocenters. The maximum atomic E-state index is 12.0. The number of amides is 1. The van der Waals surface area contributed by atoms with Gasteiger partial charge in [-0.1, -0.05) is 26.0 Å². The van der Waals surface area contributed by atoms with Crippen LogP contribution < -0.4 is 10.6 Å². The Morgan fingerprint density at radius 1 is 1.12 bits per heavy atom. The van der Waals surface area contributed by atoms with Gasteiger partial charge in [0.05, 0.1) is 0 Å². The maximum absolute atomic E-state index is 12.0. The topological polar surface area (TPSA) is 60.0 Å². The van der Waals surface area contributed by atoms with Crippen LogP contribution in [-0.2, 0) is 6.42 Å². The van der Waals surface area contributed by atoms with E-state index in [9.17, 15) is 4.79 Å². The molecule has 1 aromatic rings. The number of benzene rings is 1. The Hall–Kier alpha value is -1.35. The molecule has 1 aromatic carbocycles. The summed E-state index contributed by atoms with van der Waals surface area (Å²) in [6.45, 7) is 9.11.